The number of ketones is 2. The number of ether oxygens (including phenoxy) is 1. The summed E-state index contributed by atoms with van der Waals surface area (Å²) in [5, 5.41) is 108. The molecule has 13 rings (SSSR count). The number of β-amino-alcohol motifs (C(OH)–C–C–N with tert-alkyl or cyclic N) is 1. The molecule has 0 saturated heterocycles. The maximum Gasteiger partial charge on any atom is 0.173 e. The van der Waals surface area contributed by atoms with E-state index in [2.05, 4.69) is 95.0 Å². The number of nitrogens with one attached hydrogen (secondary N) is 4. The van der Waals surface area contributed by atoms with E-state index < -0.39 is 65.3 Å². The average Bonchev–Trinajstić information content (AvgIpc) is 1.76. The molecule has 5 aliphatic carbocycles. The molecule has 6 aromatic rings. The van der Waals surface area contributed by atoms with Crippen LogP contribution in [0.5, 0.6) is 23.0 Å². The van der Waals surface area contributed by atoms with Crippen LogP contribution in [0.15, 0.2) is 127 Å². The van der Waals surface area contributed by atoms with E-state index in [1.165, 1.54) is 7.11 Å². The number of aromatic nitrogens is 1. The fourth-order valence-corrected chi connectivity index (χ4v) is 18.5. The molecule has 2 aliphatic heterocycles. The lowest BCUT2D eigenvalue weighted by Crippen LogP contribution is -2.48. The zero-order valence-corrected chi connectivity index (χ0v) is 56.2. The number of carbonyl (C=O) groups excluding carboxylic acids is 2. The molecule has 15 heteroatoms. The van der Waals surface area contributed by atoms with Gasteiger partial charge in [-0.3, -0.25) is 9.59 Å². The van der Waals surface area contributed by atoms with Crippen molar-refractivity contribution in [3.63, 3.8) is 0 Å². The van der Waals surface area contributed by atoms with E-state index in [1.807, 2.05) is 54.6 Å². The predicted molar refractivity (Wildman–Crippen MR) is 376 cm³/mol. The molecule has 0 amide bonds. The lowest BCUT2D eigenvalue weighted by molar-refractivity contribution is -0.142. The molecule has 1 aromatic heterocycles. The molecule has 12 N–H and O–H groups in total. The van der Waals surface area contributed by atoms with Crippen LogP contribution in [0.2, 0.25) is 0 Å². The monoisotopic (exact) mass is 1310 g/mol. The van der Waals surface area contributed by atoms with Crippen molar-refractivity contribution in [2.75, 3.05) is 32.1 Å². The van der Waals surface area contributed by atoms with Crippen LogP contribution in [0.3, 0.4) is 0 Å². The van der Waals surface area contributed by atoms with Crippen LogP contribution in [0.1, 0.15) is 166 Å². The Balaban J connectivity index is 1.04. The number of aromatic amines is 1. The number of hydrogen-bond donors (Lipinski definition) is 12. The van der Waals surface area contributed by atoms with Gasteiger partial charge < -0.3 is 66.5 Å². The molecular weight excluding hydrogens is 1220 g/mol. The van der Waals surface area contributed by atoms with Crippen LogP contribution in [-0.4, -0.2) is 109 Å². The first-order chi connectivity index (χ1) is 47.0. The van der Waals surface area contributed by atoms with Crippen molar-refractivity contribution < 1.29 is 55.2 Å². The molecule has 0 radical (unpaired) electrons. The van der Waals surface area contributed by atoms with E-state index in [1.54, 1.807) is 24.3 Å². The summed E-state index contributed by atoms with van der Waals surface area (Å²) in [6, 6.07) is 30.6. The molecule has 5 aromatic carbocycles. The van der Waals surface area contributed by atoms with E-state index in [4.69, 9.17) is 4.74 Å². The number of benzene rings is 5. The van der Waals surface area contributed by atoms with Gasteiger partial charge >= 0.3 is 0 Å². The molecule has 7 aliphatic rings. The minimum Gasteiger partial charge on any atom is -0.508 e. The molecule has 3 heterocycles. The second-order valence-electron chi connectivity index (χ2n) is 29.5. The highest BCUT2D eigenvalue weighted by Crippen LogP contribution is 2.54. The van der Waals surface area contributed by atoms with E-state index in [-0.39, 0.29) is 96.0 Å². The van der Waals surface area contributed by atoms with Crippen molar-refractivity contribution in [2.24, 2.45) is 53.3 Å². The van der Waals surface area contributed by atoms with E-state index in [0.717, 1.165) is 83.1 Å². The maximum atomic E-state index is 15.9. The Labute approximate surface area is 570 Å². The minimum atomic E-state index is -1.94. The normalized spacial score (nSPS) is 30.0. The number of carbonyl (C=O) groups is 2. The van der Waals surface area contributed by atoms with Crippen molar-refractivity contribution in [3.8, 4) is 46.7 Å². The number of aromatic hydroxyl groups is 3. The Bertz CT molecular complexity index is 4060. The van der Waals surface area contributed by atoms with Crippen molar-refractivity contribution in [3.05, 3.63) is 171 Å². The number of phenols is 3. The summed E-state index contributed by atoms with van der Waals surface area (Å²) in [4.78, 5) is 34.5. The summed E-state index contributed by atoms with van der Waals surface area (Å²) in [6.45, 7) is 5.65. The number of Topliss-reactive ketones (excluding diaryl/α,β-unsaturated/α-hetero) is 2. The summed E-state index contributed by atoms with van der Waals surface area (Å²) in [5.41, 5.74) is 7.70. The first-order valence-electron chi connectivity index (χ1n) is 35.8. The number of H-pyrrole nitrogens is 1. The predicted octanol–water partition coefficient (Wildman–Crippen LogP) is 11.6. The molecule has 0 unspecified atom stereocenters. The van der Waals surface area contributed by atoms with Crippen molar-refractivity contribution in [1.29, 1.82) is 0 Å². The summed E-state index contributed by atoms with van der Waals surface area (Å²) in [7, 11) is 1.47. The summed E-state index contributed by atoms with van der Waals surface area (Å²) < 4.78 is 5.72. The summed E-state index contributed by atoms with van der Waals surface area (Å²) in [5.74, 6) is 9.97. The van der Waals surface area contributed by atoms with Crippen molar-refractivity contribution >= 4 is 28.0 Å². The van der Waals surface area contributed by atoms with Crippen LogP contribution in [-0.2, 0) is 34.3 Å². The zero-order chi connectivity index (χ0) is 67.6. The lowest BCUT2D eigenvalue weighted by atomic mass is 9.61. The third-order valence-electron chi connectivity index (χ3n) is 23.6. The number of aliphatic hydroxyl groups is 5. The number of rotatable bonds is 6. The standard InChI is InChI=1S/C82H96N4O11/c1-4-12-64-57-35-55-34-51-22-25-66(68-43-73(90)74(97-3)39-52(68)23-26-72(89)79(93)78(92)69(51)37-57)65-17-7-6-16-63(65)56-33-50(67(71(38-56)81(95)96)32-48-13-10-15-60(87)31-48)14-11-18-62(55)53-27-30-84-76(41-53)86-59-24-21-49-19-20-54(77(91)70(49)42-59)36-61(88)46-83-44-47(2)58-40-75(85-45-58)82(80(64)94)28-8-5-9-29-82/h6-7,10,13,15-17,19-21,24,27,31,39-43,45,47,50-51,55-57,61-62,64,66-67,69,71,79-81,83-88,90-91,93-96H,4-5,8-9,12,18,23,26,28-30,32-38,44,46H2,1-3H3/t47-,50+,51-,55+,56-,57-,61+,62-,64+,66-,67-,69-,71+,79-,80-/m1/s1. The van der Waals surface area contributed by atoms with Gasteiger partial charge in [-0.15, -0.1) is 5.92 Å². The fourth-order valence-electron chi connectivity index (χ4n) is 18.5. The van der Waals surface area contributed by atoms with Gasteiger partial charge in [-0.25, -0.2) is 0 Å². The smallest absolute Gasteiger partial charge is 0.173 e. The highest BCUT2D eigenvalue weighted by molar-refractivity contribution is 6.06. The summed E-state index contributed by atoms with van der Waals surface area (Å²) in [6.07, 6.45) is 9.99. The van der Waals surface area contributed by atoms with E-state index in [0.29, 0.717) is 92.5 Å². The van der Waals surface area contributed by atoms with Gasteiger partial charge in [0.2, 0.25) is 0 Å². The third kappa shape index (κ3) is 14.1. The number of phenolic OH excluding ortho intramolecular Hbond substituents is 3. The number of anilines is 1. The molecular formula is C82H96N4O11. The topological polar surface area (TPSA) is 257 Å². The first kappa shape index (κ1) is 67.7. The summed E-state index contributed by atoms with van der Waals surface area (Å²) >= 11 is 0. The van der Waals surface area contributed by atoms with Gasteiger partial charge in [0.15, 0.2) is 35.5 Å². The largest absolute Gasteiger partial charge is 0.508 e. The Kier molecular flexibility index (Phi) is 20.4. The minimum absolute atomic E-state index is 0.0336. The van der Waals surface area contributed by atoms with Gasteiger partial charge in [0.1, 0.15) is 17.3 Å². The Hall–Kier alpha value is -7.86. The van der Waals surface area contributed by atoms with Gasteiger partial charge in [0.05, 0.1) is 25.2 Å². The number of dihydropyridines is 1. The van der Waals surface area contributed by atoms with Crippen LogP contribution < -0.4 is 20.7 Å². The van der Waals surface area contributed by atoms with Crippen molar-refractivity contribution in [1.82, 2.24) is 15.6 Å². The molecule has 15 nitrogen and oxygen atoms in total. The number of aliphatic hydroxyl groups excluding tert-OH is 4. The maximum absolute atomic E-state index is 15.9. The Morgan fingerprint density at radius 3 is 2.36 bits per heavy atom. The Morgan fingerprint density at radius 2 is 1.57 bits per heavy atom. The van der Waals surface area contributed by atoms with E-state index >= 15 is 4.79 Å². The van der Waals surface area contributed by atoms with Gasteiger partial charge in [-0.2, -0.15) is 0 Å². The molecule has 97 heavy (non-hydrogen) atoms. The second kappa shape index (κ2) is 29.3. The number of hydrogen-bond acceptors (Lipinski definition) is 14. The van der Waals surface area contributed by atoms with Crippen LogP contribution in [0.4, 0.5) is 5.69 Å². The van der Waals surface area contributed by atoms with Crippen molar-refractivity contribution in [2.45, 2.75) is 171 Å². The number of methoxy groups -OCH3 is 1. The number of aryl methyl sites for hydroxylation is 1. The van der Waals surface area contributed by atoms with Gasteiger partial charge in [0.25, 0.3) is 0 Å². The highest BCUT2D eigenvalue weighted by Gasteiger charge is 2.51. The lowest BCUT2D eigenvalue weighted by Gasteiger charge is -2.46. The molecule has 1 spiro atoms. The fraction of sp³-hybridized carbons (Fsp3) is 0.488. The number of allylic oxidation sites excluding steroid dienone is 2. The van der Waals surface area contributed by atoms with E-state index in [9.17, 15) is 45.6 Å². The van der Waals surface area contributed by atoms with Crippen LogP contribution >= 0.6 is 0 Å². The third-order valence-corrected chi connectivity index (χ3v) is 23.6. The van der Waals surface area contributed by atoms with Gasteiger partial charge in [0, 0.05) is 90.9 Å². The van der Waals surface area contributed by atoms with Crippen LogP contribution in [0.25, 0.3) is 10.8 Å². The Morgan fingerprint density at radius 1 is 0.753 bits per heavy atom. The van der Waals surface area contributed by atoms with Gasteiger partial charge in [-0.05, 0) is 204 Å². The second-order valence-corrected chi connectivity index (χ2v) is 29.5. The average molecular weight is 1310 g/mol. The highest BCUT2D eigenvalue weighted by atomic mass is 16.5. The molecule has 13 bridgehead atoms. The number of fused-ring (bicyclic) bond motifs is 16. The SMILES string of the molecule is CCC[C@H]1[C@@H]2C[C@@H]3C[C@H]4C#C[C@@H](c5cc(O)c(OC)cc5CCC(=O)[C@@H](O)C(=O)[C@@H]4C2)c2ccccc2[C@H]2C[C@H](C(O)O)[C@H](Cc4cccc(O)c4)[C@@H](C#CC[C@@H]3C3=CCNC(=C3)Nc3ccc4ccc(c(O)c4c3)C[C@H](O)CNC[C@@H](C)c3c[nH]c(c3)C3(CCCCC3)[C@@H]1O)C2. The van der Waals surface area contributed by atoms with Crippen LogP contribution in [0, 0.1) is 76.9 Å². The first-order valence-corrected chi connectivity index (χ1v) is 35.8. The zero-order valence-electron chi connectivity index (χ0n) is 56.2. The molecule has 15 atom stereocenters. The molecule has 510 valence electrons. The molecule has 3 fully saturated rings. The molecule has 3 saturated carbocycles. The quantitative estimate of drug-likeness (QED) is 0.0421. The van der Waals surface area contributed by atoms with Gasteiger partial charge in [-0.1, -0.05) is 118 Å².